The SMILES string of the molecule is CC(C)[C@@H](Oc1ccccc1)C(=O)Cl. The molecule has 0 bridgehead atoms. The van der Waals surface area contributed by atoms with Crippen LogP contribution in [-0.4, -0.2) is 11.3 Å². The van der Waals surface area contributed by atoms with Gasteiger partial charge in [-0.2, -0.15) is 0 Å². The lowest BCUT2D eigenvalue weighted by atomic mass is 10.1. The summed E-state index contributed by atoms with van der Waals surface area (Å²) in [5, 5.41) is -0.455. The van der Waals surface area contributed by atoms with Gasteiger partial charge in [-0.1, -0.05) is 32.0 Å². The molecule has 1 aromatic rings. The fourth-order valence-corrected chi connectivity index (χ4v) is 1.39. The lowest BCUT2D eigenvalue weighted by Crippen LogP contribution is -2.29. The predicted molar refractivity (Wildman–Crippen MR) is 56.6 cm³/mol. The summed E-state index contributed by atoms with van der Waals surface area (Å²) >= 11 is 5.42. The van der Waals surface area contributed by atoms with Crippen LogP contribution in [0.3, 0.4) is 0 Å². The van der Waals surface area contributed by atoms with Crippen LogP contribution in [0.15, 0.2) is 30.3 Å². The lowest BCUT2D eigenvalue weighted by Gasteiger charge is -2.18. The van der Waals surface area contributed by atoms with Crippen molar-refractivity contribution in [3.8, 4) is 5.75 Å². The van der Waals surface area contributed by atoms with Crippen LogP contribution in [-0.2, 0) is 4.79 Å². The fourth-order valence-electron chi connectivity index (χ4n) is 1.09. The summed E-state index contributed by atoms with van der Waals surface area (Å²) in [6.07, 6.45) is -0.570. The number of hydrogen-bond acceptors (Lipinski definition) is 2. The van der Waals surface area contributed by atoms with E-state index in [1.165, 1.54) is 0 Å². The van der Waals surface area contributed by atoms with Gasteiger partial charge < -0.3 is 4.74 Å². The molecule has 14 heavy (non-hydrogen) atoms. The molecule has 1 atom stereocenters. The fraction of sp³-hybridized carbons (Fsp3) is 0.364. The largest absolute Gasteiger partial charge is 0.481 e. The van der Waals surface area contributed by atoms with E-state index in [9.17, 15) is 4.79 Å². The Balaban J connectivity index is 2.70. The van der Waals surface area contributed by atoms with Crippen LogP contribution >= 0.6 is 11.6 Å². The van der Waals surface area contributed by atoms with Gasteiger partial charge in [0.15, 0.2) is 6.10 Å². The molecule has 3 heteroatoms. The minimum absolute atomic E-state index is 0.0696. The normalized spacial score (nSPS) is 12.6. The van der Waals surface area contributed by atoms with E-state index in [4.69, 9.17) is 16.3 Å². The average Bonchev–Trinajstić information content (AvgIpc) is 2.15. The molecule has 0 aliphatic heterocycles. The van der Waals surface area contributed by atoms with Gasteiger partial charge in [-0.15, -0.1) is 0 Å². The van der Waals surface area contributed by atoms with E-state index in [2.05, 4.69) is 0 Å². The molecule has 0 N–H and O–H groups in total. The molecule has 0 saturated heterocycles. The monoisotopic (exact) mass is 212 g/mol. The Morgan fingerprint density at radius 1 is 1.29 bits per heavy atom. The maximum absolute atomic E-state index is 11.0. The highest BCUT2D eigenvalue weighted by molar-refractivity contribution is 6.64. The first-order chi connectivity index (χ1) is 6.61. The van der Waals surface area contributed by atoms with E-state index in [0.717, 1.165) is 0 Å². The number of rotatable bonds is 4. The summed E-state index contributed by atoms with van der Waals surface area (Å²) in [4.78, 5) is 11.0. The Morgan fingerprint density at radius 3 is 2.29 bits per heavy atom. The molecule has 0 unspecified atom stereocenters. The predicted octanol–water partition coefficient (Wildman–Crippen LogP) is 2.86. The minimum atomic E-state index is -0.570. The second-order valence-corrected chi connectivity index (χ2v) is 3.77. The molecule has 0 aromatic heterocycles. The standard InChI is InChI=1S/C11H13ClO2/c1-8(2)10(11(12)13)14-9-6-4-3-5-7-9/h3-8,10H,1-2H3/t10-/m1/s1. The van der Waals surface area contributed by atoms with E-state index in [1.807, 2.05) is 32.0 Å². The van der Waals surface area contributed by atoms with Gasteiger partial charge in [-0.3, -0.25) is 4.79 Å². The molecule has 0 aliphatic carbocycles. The molecule has 1 aromatic carbocycles. The number of hydrogen-bond donors (Lipinski definition) is 0. The molecular weight excluding hydrogens is 200 g/mol. The Kier molecular flexibility index (Phi) is 3.96. The van der Waals surface area contributed by atoms with Crippen LogP contribution in [0.1, 0.15) is 13.8 Å². The first-order valence-corrected chi connectivity index (χ1v) is 4.90. The molecule has 0 radical (unpaired) electrons. The molecular formula is C11H13ClO2. The van der Waals surface area contributed by atoms with Gasteiger partial charge in [0.1, 0.15) is 5.75 Å². The van der Waals surface area contributed by atoms with E-state index in [1.54, 1.807) is 12.1 Å². The van der Waals surface area contributed by atoms with Crippen molar-refractivity contribution in [3.63, 3.8) is 0 Å². The summed E-state index contributed by atoms with van der Waals surface area (Å²) < 4.78 is 5.46. The van der Waals surface area contributed by atoms with E-state index >= 15 is 0 Å². The van der Waals surface area contributed by atoms with Crippen molar-refractivity contribution in [1.82, 2.24) is 0 Å². The van der Waals surface area contributed by atoms with Crippen molar-refractivity contribution in [2.24, 2.45) is 5.92 Å². The van der Waals surface area contributed by atoms with E-state index in [0.29, 0.717) is 5.75 Å². The van der Waals surface area contributed by atoms with Crippen molar-refractivity contribution in [3.05, 3.63) is 30.3 Å². The van der Waals surface area contributed by atoms with Gasteiger partial charge in [-0.05, 0) is 29.7 Å². The molecule has 0 fully saturated rings. The maximum Gasteiger partial charge on any atom is 0.262 e. The number of carbonyl (C=O) groups excluding carboxylic acids is 1. The average molecular weight is 213 g/mol. The van der Waals surface area contributed by atoms with E-state index < -0.39 is 11.3 Å². The highest BCUT2D eigenvalue weighted by Crippen LogP contribution is 2.16. The smallest absolute Gasteiger partial charge is 0.262 e. The van der Waals surface area contributed by atoms with Gasteiger partial charge in [0.05, 0.1) is 0 Å². The Bertz CT molecular complexity index is 295. The molecule has 0 spiro atoms. The van der Waals surface area contributed by atoms with Crippen LogP contribution in [0.4, 0.5) is 0 Å². The third kappa shape index (κ3) is 3.04. The van der Waals surface area contributed by atoms with Gasteiger partial charge in [0, 0.05) is 0 Å². The highest BCUT2D eigenvalue weighted by Gasteiger charge is 2.21. The van der Waals surface area contributed by atoms with Gasteiger partial charge in [0.25, 0.3) is 5.24 Å². The Hall–Kier alpha value is -1.02. The zero-order valence-electron chi connectivity index (χ0n) is 8.24. The number of carbonyl (C=O) groups is 1. The number of ether oxygens (including phenoxy) is 1. The molecule has 0 amide bonds. The maximum atomic E-state index is 11.0. The van der Waals surface area contributed by atoms with Gasteiger partial charge >= 0.3 is 0 Å². The summed E-state index contributed by atoms with van der Waals surface area (Å²) in [5.41, 5.74) is 0. The Morgan fingerprint density at radius 2 is 1.86 bits per heavy atom. The number of benzene rings is 1. The first kappa shape index (κ1) is 11.1. The van der Waals surface area contributed by atoms with Crippen molar-refractivity contribution in [2.75, 3.05) is 0 Å². The third-order valence-electron chi connectivity index (χ3n) is 1.84. The third-order valence-corrected chi connectivity index (χ3v) is 2.05. The topological polar surface area (TPSA) is 26.3 Å². The highest BCUT2D eigenvalue weighted by atomic mass is 35.5. The molecule has 76 valence electrons. The summed E-state index contributed by atoms with van der Waals surface area (Å²) in [5.74, 6) is 0.736. The van der Waals surface area contributed by atoms with Crippen LogP contribution in [0.25, 0.3) is 0 Å². The minimum Gasteiger partial charge on any atom is -0.481 e. The Labute approximate surface area is 88.8 Å². The zero-order valence-corrected chi connectivity index (χ0v) is 8.99. The van der Waals surface area contributed by atoms with Gasteiger partial charge in [-0.25, -0.2) is 0 Å². The second-order valence-electron chi connectivity index (χ2n) is 3.40. The molecule has 1 rings (SSSR count). The van der Waals surface area contributed by atoms with Crippen LogP contribution < -0.4 is 4.74 Å². The van der Waals surface area contributed by atoms with E-state index in [-0.39, 0.29) is 5.92 Å². The van der Waals surface area contributed by atoms with Crippen molar-refractivity contribution in [2.45, 2.75) is 20.0 Å². The summed E-state index contributed by atoms with van der Waals surface area (Å²) in [6, 6.07) is 9.20. The molecule has 0 aliphatic rings. The molecule has 2 nitrogen and oxygen atoms in total. The summed E-state index contributed by atoms with van der Waals surface area (Å²) in [6.45, 7) is 3.79. The lowest BCUT2D eigenvalue weighted by molar-refractivity contribution is -0.119. The van der Waals surface area contributed by atoms with Crippen molar-refractivity contribution in [1.29, 1.82) is 0 Å². The van der Waals surface area contributed by atoms with Crippen molar-refractivity contribution >= 4 is 16.8 Å². The molecule has 0 saturated carbocycles. The van der Waals surface area contributed by atoms with Gasteiger partial charge in [0.2, 0.25) is 0 Å². The summed E-state index contributed by atoms with van der Waals surface area (Å²) in [7, 11) is 0. The molecule has 0 heterocycles. The first-order valence-electron chi connectivity index (χ1n) is 4.52. The van der Waals surface area contributed by atoms with Crippen molar-refractivity contribution < 1.29 is 9.53 Å². The van der Waals surface area contributed by atoms with Crippen LogP contribution in [0, 0.1) is 5.92 Å². The zero-order chi connectivity index (χ0) is 10.6. The van der Waals surface area contributed by atoms with Crippen LogP contribution in [0.5, 0.6) is 5.75 Å². The second kappa shape index (κ2) is 5.01. The quantitative estimate of drug-likeness (QED) is 0.718. The number of halogens is 1. The van der Waals surface area contributed by atoms with Crippen LogP contribution in [0.2, 0.25) is 0 Å². The number of para-hydroxylation sites is 1.